The lowest BCUT2D eigenvalue weighted by atomic mass is 9.99. The van der Waals surface area contributed by atoms with Gasteiger partial charge in [-0.15, -0.1) is 0 Å². The van der Waals surface area contributed by atoms with Gasteiger partial charge in [0.05, 0.1) is 11.1 Å². The molecular formula is C12H16ClN3O. The average Bonchev–Trinajstić information content (AvgIpc) is 2.71. The van der Waals surface area contributed by atoms with E-state index in [0.717, 1.165) is 17.5 Å². The van der Waals surface area contributed by atoms with Crippen molar-refractivity contribution in [2.75, 3.05) is 0 Å². The van der Waals surface area contributed by atoms with Crippen LogP contribution in [0.25, 0.3) is 11.0 Å². The first-order valence-corrected chi connectivity index (χ1v) is 6.09. The van der Waals surface area contributed by atoms with Crippen LogP contribution in [0.4, 0.5) is 0 Å². The predicted octanol–water partition coefficient (Wildman–Crippen LogP) is 2.64. The number of hydrogen-bond acceptors (Lipinski definition) is 3. The molecule has 1 N–H and O–H groups in total. The third-order valence-corrected chi connectivity index (χ3v) is 3.44. The van der Waals surface area contributed by atoms with E-state index < -0.39 is 5.60 Å². The summed E-state index contributed by atoms with van der Waals surface area (Å²) < 4.78 is 1.99. The molecule has 0 aromatic carbocycles. The molecule has 2 aromatic rings. The van der Waals surface area contributed by atoms with Crippen LogP contribution in [0.1, 0.15) is 26.7 Å². The second-order valence-corrected chi connectivity index (χ2v) is 4.87. The van der Waals surface area contributed by atoms with Gasteiger partial charge in [-0.05, 0) is 25.8 Å². The van der Waals surface area contributed by atoms with E-state index >= 15 is 0 Å². The molecule has 0 saturated carbocycles. The van der Waals surface area contributed by atoms with Crippen LogP contribution in [0.15, 0.2) is 18.6 Å². The van der Waals surface area contributed by atoms with Crippen LogP contribution < -0.4 is 0 Å². The number of aliphatic hydroxyl groups is 1. The summed E-state index contributed by atoms with van der Waals surface area (Å²) in [6.45, 7) is 4.53. The molecule has 1 unspecified atom stereocenters. The Balaban J connectivity index is 2.25. The van der Waals surface area contributed by atoms with E-state index in [0.29, 0.717) is 18.1 Å². The lowest BCUT2D eigenvalue weighted by Crippen LogP contribution is -2.24. The van der Waals surface area contributed by atoms with Crippen LogP contribution >= 0.6 is 11.6 Å². The highest BCUT2D eigenvalue weighted by atomic mass is 35.5. The van der Waals surface area contributed by atoms with Gasteiger partial charge in [0.15, 0.2) is 5.15 Å². The molecule has 0 aliphatic carbocycles. The normalized spacial score (nSPS) is 15.1. The zero-order valence-corrected chi connectivity index (χ0v) is 10.8. The number of aryl methyl sites for hydroxylation is 1. The van der Waals surface area contributed by atoms with E-state index in [4.69, 9.17) is 11.6 Å². The Bertz CT molecular complexity index is 521. The lowest BCUT2D eigenvalue weighted by molar-refractivity contribution is 0.0429. The van der Waals surface area contributed by atoms with Crippen molar-refractivity contribution in [2.45, 2.75) is 38.8 Å². The maximum Gasteiger partial charge on any atom is 0.156 e. The van der Waals surface area contributed by atoms with Gasteiger partial charge in [-0.2, -0.15) is 0 Å². The largest absolute Gasteiger partial charge is 0.390 e. The van der Waals surface area contributed by atoms with Gasteiger partial charge in [-0.25, -0.2) is 9.97 Å². The maximum atomic E-state index is 9.99. The van der Waals surface area contributed by atoms with Crippen molar-refractivity contribution in [1.29, 1.82) is 0 Å². The van der Waals surface area contributed by atoms with Crippen molar-refractivity contribution in [3.05, 3.63) is 23.7 Å². The number of fused-ring (bicyclic) bond motifs is 1. The molecule has 0 bridgehead atoms. The van der Waals surface area contributed by atoms with E-state index in [1.807, 2.05) is 30.7 Å². The van der Waals surface area contributed by atoms with Crippen molar-refractivity contribution < 1.29 is 5.11 Å². The molecule has 0 amide bonds. The Morgan fingerprint density at radius 1 is 1.47 bits per heavy atom. The summed E-state index contributed by atoms with van der Waals surface area (Å²) in [5.74, 6) is 0. The van der Waals surface area contributed by atoms with Crippen molar-refractivity contribution in [3.8, 4) is 0 Å². The number of aromatic nitrogens is 3. The molecule has 0 saturated heterocycles. The quantitative estimate of drug-likeness (QED) is 0.853. The monoisotopic (exact) mass is 253 g/mol. The standard InChI is InChI=1S/C12H16ClN3O/c1-3-12(2,17)5-7-16-6-4-9-10(16)11(13)15-8-14-9/h4,6,8,17H,3,5,7H2,1-2H3. The van der Waals surface area contributed by atoms with Gasteiger partial charge in [-0.1, -0.05) is 18.5 Å². The minimum atomic E-state index is -0.640. The van der Waals surface area contributed by atoms with E-state index in [9.17, 15) is 5.11 Å². The van der Waals surface area contributed by atoms with Crippen LogP contribution in [0, 0.1) is 0 Å². The number of halogens is 1. The van der Waals surface area contributed by atoms with E-state index in [2.05, 4.69) is 9.97 Å². The van der Waals surface area contributed by atoms with Gasteiger partial charge in [0.25, 0.3) is 0 Å². The molecule has 2 rings (SSSR count). The molecule has 2 aromatic heterocycles. The van der Waals surface area contributed by atoms with Gasteiger partial charge in [0.1, 0.15) is 11.8 Å². The van der Waals surface area contributed by atoms with Gasteiger partial charge in [-0.3, -0.25) is 0 Å². The average molecular weight is 254 g/mol. The van der Waals surface area contributed by atoms with Gasteiger partial charge in [0, 0.05) is 12.7 Å². The first kappa shape index (κ1) is 12.3. The molecule has 5 heteroatoms. The smallest absolute Gasteiger partial charge is 0.156 e. The summed E-state index contributed by atoms with van der Waals surface area (Å²) in [7, 11) is 0. The second-order valence-electron chi connectivity index (χ2n) is 4.51. The fourth-order valence-corrected chi connectivity index (χ4v) is 1.97. The molecule has 92 valence electrons. The van der Waals surface area contributed by atoms with Crippen LogP contribution in [0.3, 0.4) is 0 Å². The molecular weight excluding hydrogens is 238 g/mol. The number of rotatable bonds is 4. The highest BCUT2D eigenvalue weighted by Crippen LogP contribution is 2.22. The van der Waals surface area contributed by atoms with Crippen molar-refractivity contribution in [2.24, 2.45) is 0 Å². The van der Waals surface area contributed by atoms with Gasteiger partial charge < -0.3 is 9.67 Å². The Hall–Kier alpha value is -1.13. The Kier molecular flexibility index (Phi) is 3.35. The molecule has 0 spiro atoms. The third kappa shape index (κ3) is 2.58. The van der Waals surface area contributed by atoms with Crippen LogP contribution in [-0.4, -0.2) is 25.2 Å². The highest BCUT2D eigenvalue weighted by molar-refractivity contribution is 6.33. The highest BCUT2D eigenvalue weighted by Gasteiger charge is 2.18. The van der Waals surface area contributed by atoms with Crippen LogP contribution in [0.5, 0.6) is 0 Å². The molecule has 2 heterocycles. The SMILES string of the molecule is CCC(C)(O)CCn1ccc2ncnc(Cl)c21. The zero-order valence-electron chi connectivity index (χ0n) is 10.0. The summed E-state index contributed by atoms with van der Waals surface area (Å²) in [4.78, 5) is 8.12. The minimum absolute atomic E-state index is 0.455. The molecule has 0 radical (unpaired) electrons. The molecule has 0 aliphatic heterocycles. The molecule has 17 heavy (non-hydrogen) atoms. The van der Waals surface area contributed by atoms with Crippen LogP contribution in [0.2, 0.25) is 5.15 Å². The molecule has 0 aliphatic rings. The summed E-state index contributed by atoms with van der Waals surface area (Å²) in [5.41, 5.74) is 1.03. The first-order valence-electron chi connectivity index (χ1n) is 5.71. The van der Waals surface area contributed by atoms with E-state index in [1.165, 1.54) is 6.33 Å². The zero-order chi connectivity index (χ0) is 12.5. The summed E-state index contributed by atoms with van der Waals surface area (Å²) in [6.07, 6.45) is 4.79. The summed E-state index contributed by atoms with van der Waals surface area (Å²) >= 11 is 6.05. The number of hydrogen-bond donors (Lipinski definition) is 1. The second kappa shape index (κ2) is 4.63. The Morgan fingerprint density at radius 2 is 2.24 bits per heavy atom. The van der Waals surface area contributed by atoms with E-state index in [-0.39, 0.29) is 0 Å². The van der Waals surface area contributed by atoms with Gasteiger partial charge in [0.2, 0.25) is 0 Å². The Labute approximate surface area is 105 Å². The molecule has 0 fully saturated rings. The number of nitrogens with zero attached hydrogens (tertiary/aromatic N) is 3. The maximum absolute atomic E-state index is 9.99. The van der Waals surface area contributed by atoms with Crippen molar-refractivity contribution in [3.63, 3.8) is 0 Å². The Morgan fingerprint density at radius 3 is 2.94 bits per heavy atom. The topological polar surface area (TPSA) is 50.9 Å². The fraction of sp³-hybridized carbons (Fsp3) is 0.500. The van der Waals surface area contributed by atoms with Gasteiger partial charge >= 0.3 is 0 Å². The molecule has 1 atom stereocenters. The summed E-state index contributed by atoms with van der Waals surface area (Å²) in [6, 6.07) is 1.91. The van der Waals surface area contributed by atoms with Crippen molar-refractivity contribution in [1.82, 2.24) is 14.5 Å². The third-order valence-electron chi connectivity index (χ3n) is 3.16. The van der Waals surface area contributed by atoms with E-state index in [1.54, 1.807) is 0 Å². The summed E-state index contributed by atoms with van der Waals surface area (Å²) in [5, 5.41) is 10.4. The fourth-order valence-electron chi connectivity index (χ4n) is 1.72. The first-order chi connectivity index (χ1) is 8.03. The molecule has 4 nitrogen and oxygen atoms in total. The lowest BCUT2D eigenvalue weighted by Gasteiger charge is -2.21. The van der Waals surface area contributed by atoms with Crippen LogP contribution in [-0.2, 0) is 6.54 Å². The van der Waals surface area contributed by atoms with Crippen molar-refractivity contribution >= 4 is 22.6 Å². The minimum Gasteiger partial charge on any atom is -0.390 e. The predicted molar refractivity (Wildman–Crippen MR) is 68.1 cm³/mol.